The van der Waals surface area contributed by atoms with Crippen LogP contribution in [0.5, 0.6) is 0 Å². The number of amides is 3. The van der Waals surface area contributed by atoms with Gasteiger partial charge in [0.1, 0.15) is 18.6 Å². The van der Waals surface area contributed by atoms with Crippen LogP contribution in [0.3, 0.4) is 0 Å². The molecule has 0 saturated heterocycles. The lowest BCUT2D eigenvalue weighted by Gasteiger charge is -2.21. The smallest absolute Gasteiger partial charge is 0.325 e. The molecule has 0 aliphatic heterocycles. The number of nitrogens with one attached hydrogen (secondary N) is 4. The molecule has 1 aromatic heterocycles. The number of rotatable bonds is 10. The van der Waals surface area contributed by atoms with Crippen molar-refractivity contribution in [1.29, 1.82) is 0 Å². The third-order valence-electron chi connectivity index (χ3n) is 5.44. The number of aromatic amines is 1. The average molecular weight is 479 g/mol. The van der Waals surface area contributed by atoms with Crippen LogP contribution in [0.2, 0.25) is 0 Å². The normalized spacial score (nSPS) is 12.4. The molecule has 4 N–H and O–H groups in total. The molecule has 1 heterocycles. The van der Waals surface area contributed by atoms with E-state index in [0.717, 1.165) is 27.7 Å². The Balaban J connectivity index is 1.94. The quantitative estimate of drug-likeness (QED) is 0.332. The number of para-hydroxylation sites is 1. The SMILES string of the molecule is CCOC(=O)CNC(=O)[C@H](Cc1c(-c2ccccc2)[nH]c2ccccc12)NC(=O)[C@H](C)NC(C)=O. The summed E-state index contributed by atoms with van der Waals surface area (Å²) in [6.45, 7) is 4.39. The Morgan fingerprint density at radius 2 is 1.63 bits per heavy atom. The van der Waals surface area contributed by atoms with E-state index in [9.17, 15) is 19.2 Å². The van der Waals surface area contributed by atoms with E-state index >= 15 is 0 Å². The maximum absolute atomic E-state index is 13.1. The molecule has 0 spiro atoms. The maximum Gasteiger partial charge on any atom is 0.325 e. The third kappa shape index (κ3) is 6.69. The van der Waals surface area contributed by atoms with Crippen molar-refractivity contribution >= 4 is 34.6 Å². The largest absolute Gasteiger partial charge is 0.465 e. The van der Waals surface area contributed by atoms with E-state index < -0.39 is 29.9 Å². The van der Waals surface area contributed by atoms with Crippen molar-refractivity contribution in [2.45, 2.75) is 39.3 Å². The standard InChI is InChI=1S/C26H30N4O5/c1-4-35-23(32)15-27-26(34)22(30-25(33)16(2)28-17(3)31)14-20-19-12-8-9-13-21(19)29-24(20)18-10-6-5-7-11-18/h5-13,16,22,29H,4,14-15H2,1-3H3,(H,27,34)(H,28,31)(H,30,33)/t16-,22-/m0/s1. The summed E-state index contributed by atoms with van der Waals surface area (Å²) >= 11 is 0. The van der Waals surface area contributed by atoms with Crippen LogP contribution in [0.25, 0.3) is 22.2 Å². The fraction of sp³-hybridized carbons (Fsp3) is 0.308. The Morgan fingerprint density at radius 3 is 2.31 bits per heavy atom. The number of carbonyl (C=O) groups excluding carboxylic acids is 4. The molecule has 0 aliphatic carbocycles. The number of H-pyrrole nitrogens is 1. The van der Waals surface area contributed by atoms with Crippen LogP contribution >= 0.6 is 0 Å². The molecule has 0 bridgehead atoms. The Morgan fingerprint density at radius 1 is 0.943 bits per heavy atom. The first-order chi connectivity index (χ1) is 16.8. The molecule has 35 heavy (non-hydrogen) atoms. The van der Waals surface area contributed by atoms with Gasteiger partial charge in [0, 0.05) is 29.9 Å². The van der Waals surface area contributed by atoms with E-state index in [1.165, 1.54) is 13.8 Å². The van der Waals surface area contributed by atoms with Crippen LogP contribution in [-0.4, -0.2) is 53.9 Å². The van der Waals surface area contributed by atoms with E-state index in [1.54, 1.807) is 6.92 Å². The summed E-state index contributed by atoms with van der Waals surface area (Å²) in [6.07, 6.45) is 0.154. The van der Waals surface area contributed by atoms with Gasteiger partial charge in [0.15, 0.2) is 0 Å². The summed E-state index contributed by atoms with van der Waals surface area (Å²) in [5.41, 5.74) is 3.50. The highest BCUT2D eigenvalue weighted by Crippen LogP contribution is 2.31. The molecule has 2 aromatic carbocycles. The topological polar surface area (TPSA) is 129 Å². The minimum atomic E-state index is -1.00. The Kier molecular flexibility index (Phi) is 8.61. The van der Waals surface area contributed by atoms with Gasteiger partial charge in [0.2, 0.25) is 17.7 Å². The Labute approximate surface area is 203 Å². The molecule has 0 radical (unpaired) electrons. The molecule has 3 aromatic rings. The zero-order valence-corrected chi connectivity index (χ0v) is 20.0. The van der Waals surface area contributed by atoms with Gasteiger partial charge in [-0.25, -0.2) is 0 Å². The van der Waals surface area contributed by atoms with E-state index in [-0.39, 0.29) is 25.5 Å². The van der Waals surface area contributed by atoms with E-state index in [2.05, 4.69) is 20.9 Å². The zero-order valence-electron chi connectivity index (χ0n) is 20.0. The molecule has 3 rings (SSSR count). The van der Waals surface area contributed by atoms with E-state index in [4.69, 9.17) is 4.74 Å². The first kappa shape index (κ1) is 25.5. The second-order valence-corrected chi connectivity index (χ2v) is 8.10. The van der Waals surface area contributed by atoms with Crippen molar-refractivity contribution in [3.05, 3.63) is 60.2 Å². The van der Waals surface area contributed by atoms with Crippen LogP contribution in [0, 0.1) is 0 Å². The molecular weight excluding hydrogens is 448 g/mol. The van der Waals surface area contributed by atoms with Gasteiger partial charge in [-0.2, -0.15) is 0 Å². The lowest BCUT2D eigenvalue weighted by atomic mass is 9.98. The first-order valence-corrected chi connectivity index (χ1v) is 11.5. The number of ether oxygens (including phenoxy) is 1. The Bertz CT molecular complexity index is 1200. The lowest BCUT2D eigenvalue weighted by Crippen LogP contribution is -2.54. The maximum atomic E-state index is 13.1. The summed E-state index contributed by atoms with van der Waals surface area (Å²) in [7, 11) is 0. The fourth-order valence-corrected chi connectivity index (χ4v) is 3.84. The third-order valence-corrected chi connectivity index (χ3v) is 5.44. The van der Waals surface area contributed by atoms with Crippen molar-refractivity contribution in [1.82, 2.24) is 20.9 Å². The van der Waals surface area contributed by atoms with Crippen LogP contribution in [0.4, 0.5) is 0 Å². The molecule has 184 valence electrons. The Hall–Kier alpha value is -4.14. The highest BCUT2D eigenvalue weighted by atomic mass is 16.5. The molecule has 9 nitrogen and oxygen atoms in total. The van der Waals surface area contributed by atoms with Gasteiger partial charge < -0.3 is 25.7 Å². The zero-order chi connectivity index (χ0) is 25.4. The van der Waals surface area contributed by atoms with Gasteiger partial charge in [0.25, 0.3) is 0 Å². The van der Waals surface area contributed by atoms with Crippen molar-refractivity contribution in [2.24, 2.45) is 0 Å². The van der Waals surface area contributed by atoms with Gasteiger partial charge in [-0.1, -0.05) is 48.5 Å². The van der Waals surface area contributed by atoms with Crippen molar-refractivity contribution in [3.8, 4) is 11.3 Å². The monoisotopic (exact) mass is 478 g/mol. The molecule has 0 unspecified atom stereocenters. The number of hydrogen-bond acceptors (Lipinski definition) is 5. The lowest BCUT2D eigenvalue weighted by molar-refractivity contribution is -0.143. The van der Waals surface area contributed by atoms with E-state index in [1.807, 2.05) is 54.6 Å². The van der Waals surface area contributed by atoms with Crippen LogP contribution in [0.15, 0.2) is 54.6 Å². The number of carbonyl (C=O) groups is 4. The summed E-state index contributed by atoms with van der Waals surface area (Å²) in [4.78, 5) is 52.5. The highest BCUT2D eigenvalue weighted by Gasteiger charge is 2.27. The molecule has 0 saturated carbocycles. The second-order valence-electron chi connectivity index (χ2n) is 8.10. The summed E-state index contributed by atoms with van der Waals surface area (Å²) in [6, 6.07) is 15.5. The van der Waals surface area contributed by atoms with Crippen molar-refractivity contribution in [2.75, 3.05) is 13.2 Å². The predicted molar refractivity (Wildman–Crippen MR) is 132 cm³/mol. The van der Waals surface area contributed by atoms with Crippen LogP contribution in [0.1, 0.15) is 26.3 Å². The van der Waals surface area contributed by atoms with Gasteiger partial charge in [-0.3, -0.25) is 19.2 Å². The fourth-order valence-electron chi connectivity index (χ4n) is 3.84. The van der Waals surface area contributed by atoms with Crippen molar-refractivity contribution < 1.29 is 23.9 Å². The van der Waals surface area contributed by atoms with Gasteiger partial charge in [-0.15, -0.1) is 0 Å². The van der Waals surface area contributed by atoms with Crippen LogP contribution in [-0.2, 0) is 30.3 Å². The van der Waals surface area contributed by atoms with Crippen molar-refractivity contribution in [3.63, 3.8) is 0 Å². The predicted octanol–water partition coefficient (Wildman–Crippen LogP) is 2.07. The van der Waals surface area contributed by atoms with Gasteiger partial charge in [-0.05, 0) is 31.0 Å². The second kappa shape index (κ2) is 11.8. The number of benzene rings is 2. The summed E-state index contributed by atoms with van der Waals surface area (Å²) in [5, 5.41) is 8.71. The van der Waals surface area contributed by atoms with Crippen LogP contribution < -0.4 is 16.0 Å². The molecule has 9 heteroatoms. The highest BCUT2D eigenvalue weighted by molar-refractivity contribution is 5.95. The number of hydrogen-bond donors (Lipinski definition) is 4. The molecular formula is C26H30N4O5. The molecule has 0 aliphatic rings. The minimum Gasteiger partial charge on any atom is -0.465 e. The average Bonchev–Trinajstić information content (AvgIpc) is 3.20. The van der Waals surface area contributed by atoms with E-state index in [0.29, 0.717) is 0 Å². The number of esters is 1. The minimum absolute atomic E-state index is 0.154. The molecule has 2 atom stereocenters. The molecule has 0 fully saturated rings. The first-order valence-electron chi connectivity index (χ1n) is 11.5. The summed E-state index contributed by atoms with van der Waals surface area (Å²) in [5.74, 6) is -1.99. The van der Waals surface area contributed by atoms with Gasteiger partial charge >= 0.3 is 5.97 Å². The number of fused-ring (bicyclic) bond motifs is 1. The van der Waals surface area contributed by atoms with Gasteiger partial charge in [0.05, 0.1) is 6.61 Å². The number of aromatic nitrogens is 1. The molecule has 3 amide bonds. The summed E-state index contributed by atoms with van der Waals surface area (Å²) < 4.78 is 4.88.